The van der Waals surface area contributed by atoms with E-state index in [1.54, 1.807) is 4.52 Å². The molecule has 5 nitrogen and oxygen atoms in total. The first kappa shape index (κ1) is 17.1. The van der Waals surface area contributed by atoms with Gasteiger partial charge in [0.05, 0.1) is 17.0 Å². The molecule has 0 radical (unpaired) electrons. The van der Waals surface area contributed by atoms with Gasteiger partial charge < -0.3 is 0 Å². The highest BCUT2D eigenvalue weighted by Crippen LogP contribution is 2.34. The lowest BCUT2D eigenvalue weighted by molar-refractivity contribution is 0.0955. The summed E-state index contributed by atoms with van der Waals surface area (Å²) in [6.45, 7) is 1.94. The Balaban J connectivity index is 1.68. The van der Waals surface area contributed by atoms with Crippen molar-refractivity contribution in [3.05, 3.63) is 82.3 Å². The number of halogens is 1. The molecule has 0 amide bonds. The van der Waals surface area contributed by atoms with Crippen LogP contribution >= 0.6 is 11.6 Å². The van der Waals surface area contributed by atoms with Crippen LogP contribution in [0.5, 0.6) is 0 Å². The average Bonchev–Trinajstić information content (AvgIpc) is 3.05. The highest BCUT2D eigenvalue weighted by molar-refractivity contribution is 6.30. The summed E-state index contributed by atoms with van der Waals surface area (Å²) >= 11 is 6.18. The van der Waals surface area contributed by atoms with E-state index in [9.17, 15) is 4.79 Å². The second-order valence-electron chi connectivity index (χ2n) is 7.14. The maximum atomic E-state index is 12.8. The predicted octanol–water partition coefficient (Wildman–Crippen LogP) is 4.67. The lowest BCUT2D eigenvalue weighted by atomic mass is 9.83. The number of fused-ring (bicyclic) bond motifs is 3. The highest BCUT2D eigenvalue weighted by atomic mass is 35.5. The number of carbonyl (C=O) groups is 1. The molecule has 5 rings (SSSR count). The summed E-state index contributed by atoms with van der Waals surface area (Å²) < 4.78 is 1.79. The summed E-state index contributed by atoms with van der Waals surface area (Å²) in [5, 5.41) is 14.0. The lowest BCUT2D eigenvalue weighted by Gasteiger charge is -2.23. The molecule has 1 aliphatic carbocycles. The number of Topliss-reactive ketones (excluding diaryl/α,β-unsaturated/α-hetero) is 1. The number of hydrogen-bond donors (Lipinski definition) is 0. The summed E-state index contributed by atoms with van der Waals surface area (Å²) in [5.41, 5.74) is 5.74. The van der Waals surface area contributed by atoms with Crippen LogP contribution in [0.3, 0.4) is 0 Å². The fourth-order valence-electron chi connectivity index (χ4n) is 4.02. The van der Waals surface area contributed by atoms with Crippen LogP contribution in [0.25, 0.3) is 16.8 Å². The summed E-state index contributed by atoms with van der Waals surface area (Å²) in [7, 11) is 0. The summed E-state index contributed by atoms with van der Waals surface area (Å²) in [4.78, 5) is 12.8. The third-order valence-electron chi connectivity index (χ3n) is 5.33. The molecule has 2 aromatic heterocycles. The van der Waals surface area contributed by atoms with Gasteiger partial charge in [0.2, 0.25) is 0 Å². The summed E-state index contributed by atoms with van der Waals surface area (Å²) in [6.07, 6.45) is 1.14. The fourth-order valence-corrected chi connectivity index (χ4v) is 4.21. The molecule has 2 aromatic carbocycles. The van der Waals surface area contributed by atoms with Crippen molar-refractivity contribution in [1.82, 2.24) is 19.8 Å². The Morgan fingerprint density at radius 2 is 1.86 bits per heavy atom. The van der Waals surface area contributed by atoms with E-state index in [1.165, 1.54) is 0 Å². The van der Waals surface area contributed by atoms with Crippen LogP contribution in [0.15, 0.2) is 54.6 Å². The van der Waals surface area contributed by atoms with E-state index in [1.807, 2.05) is 49.4 Å². The van der Waals surface area contributed by atoms with E-state index in [0.717, 1.165) is 28.1 Å². The van der Waals surface area contributed by atoms with Gasteiger partial charge in [0.1, 0.15) is 0 Å². The maximum Gasteiger partial charge on any atom is 0.185 e. The number of hydrogen-bond acceptors (Lipinski definition) is 4. The maximum absolute atomic E-state index is 12.8. The molecule has 0 fully saturated rings. The van der Waals surface area contributed by atoms with Gasteiger partial charge in [-0.05, 0) is 42.5 Å². The molecule has 0 bridgehead atoms. The number of aryl methyl sites for hydroxylation is 1. The van der Waals surface area contributed by atoms with Crippen molar-refractivity contribution in [2.45, 2.75) is 25.7 Å². The number of carbonyl (C=O) groups excluding carboxylic acids is 1. The SMILES string of the molecule is Cc1nn2c3c(nnc2c1-c1cccc(Cl)c1)C(=O)C[C@@H](c1ccccc1)C3. The minimum Gasteiger partial charge on any atom is -0.292 e. The summed E-state index contributed by atoms with van der Waals surface area (Å²) in [5.74, 6) is 0.134. The number of nitrogens with zero attached hydrogens (tertiary/aromatic N) is 4. The zero-order valence-electron chi connectivity index (χ0n) is 15.3. The van der Waals surface area contributed by atoms with Crippen LogP contribution in [0.4, 0.5) is 0 Å². The smallest absolute Gasteiger partial charge is 0.185 e. The van der Waals surface area contributed by atoms with E-state index in [2.05, 4.69) is 22.3 Å². The predicted molar refractivity (Wildman–Crippen MR) is 108 cm³/mol. The highest BCUT2D eigenvalue weighted by Gasteiger charge is 2.31. The van der Waals surface area contributed by atoms with Gasteiger partial charge in [0, 0.05) is 11.4 Å². The van der Waals surface area contributed by atoms with Crippen molar-refractivity contribution >= 4 is 23.0 Å². The van der Waals surface area contributed by atoms with Gasteiger partial charge in [-0.3, -0.25) is 4.79 Å². The molecule has 1 atom stereocenters. The Morgan fingerprint density at radius 3 is 2.64 bits per heavy atom. The van der Waals surface area contributed by atoms with Gasteiger partial charge in [-0.2, -0.15) is 5.10 Å². The first-order chi connectivity index (χ1) is 13.6. The molecule has 2 heterocycles. The molecule has 138 valence electrons. The minimum absolute atomic E-state index is 0.0157. The number of rotatable bonds is 2. The number of benzene rings is 2. The molecule has 0 saturated carbocycles. The monoisotopic (exact) mass is 388 g/mol. The van der Waals surface area contributed by atoms with Crippen LogP contribution in [-0.2, 0) is 6.42 Å². The third-order valence-corrected chi connectivity index (χ3v) is 5.56. The van der Waals surface area contributed by atoms with Gasteiger partial charge in [-0.1, -0.05) is 54.1 Å². The molecule has 0 unspecified atom stereocenters. The van der Waals surface area contributed by atoms with Crippen molar-refractivity contribution in [3.8, 4) is 11.1 Å². The number of aromatic nitrogens is 4. The van der Waals surface area contributed by atoms with Crippen LogP contribution in [0, 0.1) is 6.92 Å². The largest absolute Gasteiger partial charge is 0.292 e. The van der Waals surface area contributed by atoms with Crippen molar-refractivity contribution in [3.63, 3.8) is 0 Å². The van der Waals surface area contributed by atoms with E-state index < -0.39 is 0 Å². The van der Waals surface area contributed by atoms with Crippen LogP contribution in [-0.4, -0.2) is 25.6 Å². The first-order valence-corrected chi connectivity index (χ1v) is 9.58. The van der Waals surface area contributed by atoms with Crippen molar-refractivity contribution in [2.24, 2.45) is 0 Å². The quantitative estimate of drug-likeness (QED) is 0.500. The Kier molecular flexibility index (Phi) is 3.98. The Hall–Kier alpha value is -3.05. The number of ketones is 1. The molecule has 0 aliphatic heterocycles. The molecule has 0 N–H and O–H groups in total. The molecule has 0 spiro atoms. The second-order valence-corrected chi connectivity index (χ2v) is 7.58. The normalized spacial score (nSPS) is 16.4. The minimum atomic E-state index is 0.0157. The Morgan fingerprint density at radius 1 is 1.04 bits per heavy atom. The Bertz CT molecular complexity index is 1220. The average molecular weight is 389 g/mol. The molecule has 0 saturated heterocycles. The van der Waals surface area contributed by atoms with Gasteiger partial charge in [0.15, 0.2) is 17.1 Å². The van der Waals surface area contributed by atoms with E-state index in [-0.39, 0.29) is 11.7 Å². The van der Waals surface area contributed by atoms with Crippen molar-refractivity contribution in [1.29, 1.82) is 0 Å². The van der Waals surface area contributed by atoms with E-state index >= 15 is 0 Å². The zero-order chi connectivity index (χ0) is 19.3. The lowest BCUT2D eigenvalue weighted by Crippen LogP contribution is -2.24. The second kappa shape index (κ2) is 6.53. The van der Waals surface area contributed by atoms with Crippen LogP contribution < -0.4 is 0 Å². The molecule has 1 aliphatic rings. The van der Waals surface area contributed by atoms with Gasteiger partial charge in [-0.25, -0.2) is 4.52 Å². The standard InChI is InChI=1S/C22H17ClN4O/c1-13-20(15-8-5-9-17(23)10-15)22-25-24-21-18(27(22)26-13)11-16(12-19(21)28)14-6-3-2-4-7-14/h2-10,16H,11-12H2,1H3/t16-/m0/s1. The van der Waals surface area contributed by atoms with Crippen molar-refractivity contribution in [2.75, 3.05) is 0 Å². The van der Waals surface area contributed by atoms with Crippen molar-refractivity contribution < 1.29 is 4.79 Å². The Labute approximate surface area is 167 Å². The first-order valence-electron chi connectivity index (χ1n) is 9.21. The molecule has 28 heavy (non-hydrogen) atoms. The molecular formula is C22H17ClN4O. The van der Waals surface area contributed by atoms with Crippen LogP contribution in [0.2, 0.25) is 5.02 Å². The third kappa shape index (κ3) is 2.70. The topological polar surface area (TPSA) is 60.1 Å². The fraction of sp³-hybridized carbons (Fsp3) is 0.182. The molecule has 6 heteroatoms. The van der Waals surface area contributed by atoms with E-state index in [4.69, 9.17) is 16.7 Å². The van der Waals surface area contributed by atoms with Gasteiger partial charge in [0.25, 0.3) is 0 Å². The summed E-state index contributed by atoms with van der Waals surface area (Å²) in [6, 6.07) is 17.8. The molecular weight excluding hydrogens is 372 g/mol. The van der Waals surface area contributed by atoms with Gasteiger partial charge in [-0.15, -0.1) is 10.2 Å². The van der Waals surface area contributed by atoms with Crippen LogP contribution in [0.1, 0.15) is 39.8 Å². The molecule has 4 aromatic rings. The van der Waals surface area contributed by atoms with Gasteiger partial charge >= 0.3 is 0 Å². The zero-order valence-corrected chi connectivity index (χ0v) is 16.0. The van der Waals surface area contributed by atoms with E-state index in [0.29, 0.717) is 29.2 Å².